The first-order valence-corrected chi connectivity index (χ1v) is 1.90. The van der Waals surface area contributed by atoms with Gasteiger partial charge in [0, 0.05) is 6.72 Å². The third-order valence-electron chi connectivity index (χ3n) is 0.281. The Hall–Kier alpha value is -0.860. The van der Waals surface area contributed by atoms with Crippen molar-refractivity contribution in [1.29, 1.82) is 0 Å². The molecule has 0 N–H and O–H groups in total. The van der Waals surface area contributed by atoms with Crippen LogP contribution in [0.15, 0.2) is 10.3 Å². The summed E-state index contributed by atoms with van der Waals surface area (Å²) in [5.41, 5.74) is 0.826. The molecule has 0 aromatic rings. The molecule has 0 aromatic carbocycles. The fourth-order valence-electron chi connectivity index (χ4n) is 0.111. The van der Waals surface area contributed by atoms with Crippen LogP contribution in [0.25, 0.3) is 0 Å². The molecule has 3 heteroatoms. The Morgan fingerprint density at radius 3 is 2.29 bits per heavy atom. The van der Waals surface area contributed by atoms with Crippen LogP contribution in [0.1, 0.15) is 13.8 Å². The third-order valence-corrected chi connectivity index (χ3v) is 0.281. The minimum Gasteiger partial charge on any atom is -0.245 e. The zero-order valence-corrected chi connectivity index (χ0v) is 4.51. The van der Waals surface area contributed by atoms with E-state index in [1.807, 2.05) is 13.8 Å². The van der Waals surface area contributed by atoms with Crippen molar-refractivity contribution in [3.63, 3.8) is 0 Å². The largest absolute Gasteiger partial charge is 0.245 e. The first kappa shape index (κ1) is 6.14. The van der Waals surface area contributed by atoms with Gasteiger partial charge in [0.15, 0.2) is 0 Å². The molecule has 0 aliphatic carbocycles. The van der Waals surface area contributed by atoms with Gasteiger partial charge in [-0.1, -0.05) is 10.3 Å². The standard InChI is InChI=1S/C4H8N2O/c1-4(2)6-7-5-3/h3H2,1-2H3. The lowest BCUT2D eigenvalue weighted by Crippen LogP contribution is -1.78. The molecule has 0 radical (unpaired) electrons. The second kappa shape index (κ2) is 3.33. The summed E-state index contributed by atoms with van der Waals surface area (Å²) in [5.74, 6) is 0. The van der Waals surface area contributed by atoms with Crippen molar-refractivity contribution in [1.82, 2.24) is 0 Å². The number of hydrogen-bond acceptors (Lipinski definition) is 3. The maximum atomic E-state index is 4.20. The average Bonchev–Trinajstić information content (AvgIpc) is 1.61. The SMILES string of the molecule is C=NON=C(C)C. The summed E-state index contributed by atoms with van der Waals surface area (Å²) in [5, 5.41) is 6.47. The highest BCUT2D eigenvalue weighted by Gasteiger charge is 1.71. The second-order valence-corrected chi connectivity index (χ2v) is 1.25. The average molecular weight is 100 g/mol. The van der Waals surface area contributed by atoms with E-state index in [1.165, 1.54) is 0 Å². The molecule has 0 rings (SSSR count). The number of rotatable bonds is 2. The van der Waals surface area contributed by atoms with E-state index in [4.69, 9.17) is 0 Å². The summed E-state index contributed by atoms with van der Waals surface area (Å²) in [6.07, 6.45) is 0. The molecule has 3 nitrogen and oxygen atoms in total. The van der Waals surface area contributed by atoms with Crippen LogP contribution in [0.4, 0.5) is 0 Å². The predicted octanol–water partition coefficient (Wildman–Crippen LogP) is 1.01. The molecule has 0 saturated carbocycles. The van der Waals surface area contributed by atoms with E-state index in [2.05, 4.69) is 22.0 Å². The Kier molecular flexibility index (Phi) is 2.92. The van der Waals surface area contributed by atoms with Crippen molar-refractivity contribution in [2.24, 2.45) is 10.3 Å². The Bertz CT molecular complexity index is 83.7. The normalized spacial score (nSPS) is 7.14. The first-order valence-electron chi connectivity index (χ1n) is 1.90. The van der Waals surface area contributed by atoms with E-state index in [1.54, 1.807) is 0 Å². The lowest BCUT2D eigenvalue weighted by atomic mass is 10.5. The van der Waals surface area contributed by atoms with Crippen LogP contribution in [0.5, 0.6) is 0 Å². The molecule has 40 valence electrons. The number of hydrogen-bond donors (Lipinski definition) is 0. The summed E-state index contributed by atoms with van der Waals surface area (Å²) >= 11 is 0. The molecule has 0 aliphatic rings. The molecule has 0 spiro atoms. The van der Waals surface area contributed by atoms with E-state index in [-0.39, 0.29) is 0 Å². The maximum Gasteiger partial charge on any atom is 0.0543 e. The van der Waals surface area contributed by atoms with Gasteiger partial charge in [-0.05, 0) is 13.8 Å². The lowest BCUT2D eigenvalue weighted by molar-refractivity contribution is 0.158. The van der Waals surface area contributed by atoms with Gasteiger partial charge >= 0.3 is 0 Å². The fraction of sp³-hybridized carbons (Fsp3) is 0.500. The Morgan fingerprint density at radius 2 is 2.14 bits per heavy atom. The van der Waals surface area contributed by atoms with Gasteiger partial charge in [0.1, 0.15) is 0 Å². The van der Waals surface area contributed by atoms with Gasteiger partial charge < -0.3 is 0 Å². The lowest BCUT2D eigenvalue weighted by Gasteiger charge is -1.82. The van der Waals surface area contributed by atoms with Crippen molar-refractivity contribution in [3.05, 3.63) is 0 Å². The third kappa shape index (κ3) is 5.14. The van der Waals surface area contributed by atoms with Crippen molar-refractivity contribution >= 4 is 12.4 Å². The smallest absolute Gasteiger partial charge is 0.0543 e. The number of oxime groups is 2. The van der Waals surface area contributed by atoms with Gasteiger partial charge in [-0.25, -0.2) is 4.94 Å². The Labute approximate surface area is 42.6 Å². The molecule has 7 heavy (non-hydrogen) atoms. The van der Waals surface area contributed by atoms with Gasteiger partial charge in [0.2, 0.25) is 0 Å². The Balaban J connectivity index is 3.25. The molecule has 0 unspecified atom stereocenters. The van der Waals surface area contributed by atoms with Crippen molar-refractivity contribution < 1.29 is 4.94 Å². The highest BCUT2D eigenvalue weighted by atomic mass is 16.8. The van der Waals surface area contributed by atoms with Crippen molar-refractivity contribution in [2.75, 3.05) is 0 Å². The summed E-state index contributed by atoms with van der Waals surface area (Å²) in [7, 11) is 0. The minimum atomic E-state index is 0.826. The van der Waals surface area contributed by atoms with Crippen LogP contribution < -0.4 is 0 Å². The molecule has 0 heterocycles. The van der Waals surface area contributed by atoms with Gasteiger partial charge in [-0.2, -0.15) is 0 Å². The van der Waals surface area contributed by atoms with E-state index >= 15 is 0 Å². The molecule has 0 atom stereocenters. The van der Waals surface area contributed by atoms with E-state index in [9.17, 15) is 0 Å². The molecule has 0 bridgehead atoms. The Morgan fingerprint density at radius 1 is 1.57 bits per heavy atom. The summed E-state index contributed by atoms with van der Waals surface area (Å²) < 4.78 is 0. The van der Waals surface area contributed by atoms with Gasteiger partial charge in [-0.15, -0.1) is 0 Å². The quantitative estimate of drug-likeness (QED) is 0.376. The van der Waals surface area contributed by atoms with Crippen molar-refractivity contribution in [2.45, 2.75) is 13.8 Å². The molecular weight excluding hydrogens is 92.1 g/mol. The number of nitrogens with zero attached hydrogens (tertiary/aromatic N) is 2. The van der Waals surface area contributed by atoms with Crippen LogP contribution >= 0.6 is 0 Å². The second-order valence-electron chi connectivity index (χ2n) is 1.25. The summed E-state index contributed by atoms with van der Waals surface area (Å²) in [4.78, 5) is 4.20. The monoisotopic (exact) mass is 100 g/mol. The topological polar surface area (TPSA) is 34.0 Å². The minimum absolute atomic E-state index is 0.826. The zero-order chi connectivity index (χ0) is 5.70. The van der Waals surface area contributed by atoms with E-state index in [0.717, 1.165) is 5.71 Å². The highest BCUT2D eigenvalue weighted by molar-refractivity contribution is 5.78. The van der Waals surface area contributed by atoms with Gasteiger partial charge in [-0.3, -0.25) is 0 Å². The summed E-state index contributed by atoms with van der Waals surface area (Å²) in [6, 6.07) is 0. The van der Waals surface area contributed by atoms with E-state index in [0.29, 0.717) is 0 Å². The van der Waals surface area contributed by atoms with Crippen LogP contribution in [0.2, 0.25) is 0 Å². The molecule has 0 fully saturated rings. The predicted molar refractivity (Wildman–Crippen MR) is 29.4 cm³/mol. The summed E-state index contributed by atoms with van der Waals surface area (Å²) in [6.45, 7) is 6.67. The van der Waals surface area contributed by atoms with E-state index < -0.39 is 0 Å². The first-order chi connectivity index (χ1) is 3.27. The van der Waals surface area contributed by atoms with Gasteiger partial charge in [0.25, 0.3) is 0 Å². The van der Waals surface area contributed by atoms with Crippen molar-refractivity contribution in [3.8, 4) is 0 Å². The van der Waals surface area contributed by atoms with Crippen LogP contribution in [-0.4, -0.2) is 12.4 Å². The zero-order valence-electron chi connectivity index (χ0n) is 4.51. The molecule has 0 aliphatic heterocycles. The molecule has 0 amide bonds. The van der Waals surface area contributed by atoms with Crippen LogP contribution in [0, 0.1) is 0 Å². The molecule has 0 aromatic heterocycles. The van der Waals surface area contributed by atoms with Crippen LogP contribution in [0.3, 0.4) is 0 Å². The highest BCUT2D eigenvalue weighted by Crippen LogP contribution is 1.76. The molecular formula is C4H8N2O. The molecule has 0 saturated heterocycles. The maximum absolute atomic E-state index is 4.20. The van der Waals surface area contributed by atoms with Crippen LogP contribution in [-0.2, 0) is 4.94 Å². The van der Waals surface area contributed by atoms with Gasteiger partial charge in [0.05, 0.1) is 5.71 Å². The fourth-order valence-corrected chi connectivity index (χ4v) is 0.111.